The van der Waals surface area contributed by atoms with Crippen molar-refractivity contribution in [2.45, 2.75) is 154 Å². The van der Waals surface area contributed by atoms with Gasteiger partial charge in [-0.1, -0.05) is 78.3 Å². The molecular formula is C49H74F6N12O16. The summed E-state index contributed by atoms with van der Waals surface area (Å²) < 4.78 is 92.2. The third kappa shape index (κ3) is 27.5. The van der Waals surface area contributed by atoms with Crippen LogP contribution in [0.2, 0.25) is 0 Å². The molecule has 0 heterocycles. The number of aliphatic hydroxyl groups is 1. The monoisotopic (exact) mass is 1200 g/mol. The number of carboxylic acids is 1. The first kappa shape index (κ1) is 73.0. The van der Waals surface area contributed by atoms with Gasteiger partial charge in [0.1, 0.15) is 55.6 Å². The number of rotatable bonds is 34. The summed E-state index contributed by atoms with van der Waals surface area (Å²) in [6.07, 6.45) is -16.6. The zero-order chi connectivity index (χ0) is 63.5. The number of carbonyl (C=O) groups excluding carboxylic acids is 10. The van der Waals surface area contributed by atoms with Crippen LogP contribution in [0.3, 0.4) is 0 Å². The summed E-state index contributed by atoms with van der Waals surface area (Å²) in [4.78, 5) is 143. The smallest absolute Gasteiger partial charge is 0.480 e. The number of carbonyl (C=O) groups is 11. The Hall–Kier alpha value is -8.04. The van der Waals surface area contributed by atoms with Gasteiger partial charge in [-0.25, -0.2) is 19.2 Å². The van der Waals surface area contributed by atoms with E-state index in [0.717, 1.165) is 6.92 Å². The molecule has 1 rings (SSSR count). The fourth-order valence-electron chi connectivity index (χ4n) is 7.08. The molecule has 0 spiro atoms. The molecule has 1 aromatic carbocycles. The molecule has 0 aliphatic heterocycles. The van der Waals surface area contributed by atoms with Crippen LogP contribution in [0.5, 0.6) is 0 Å². The number of alkyl halides is 6. The van der Waals surface area contributed by atoms with Crippen LogP contribution in [0.15, 0.2) is 30.3 Å². The van der Waals surface area contributed by atoms with E-state index in [-0.39, 0.29) is 44.8 Å². The van der Waals surface area contributed by atoms with E-state index in [9.17, 15) is 89.3 Å². The normalized spacial score (nSPS) is 15.1. The number of benzene rings is 1. The van der Waals surface area contributed by atoms with Gasteiger partial charge >= 0.3 is 36.4 Å². The number of guanidine groups is 1. The average molecular weight is 1200 g/mol. The van der Waals surface area contributed by atoms with Crippen LogP contribution >= 0.6 is 0 Å². The zero-order valence-electron chi connectivity index (χ0n) is 46.4. The van der Waals surface area contributed by atoms with Crippen LogP contribution in [0.4, 0.5) is 31.1 Å². The maximum absolute atomic E-state index is 14.2. The molecule has 0 aliphatic rings. The van der Waals surface area contributed by atoms with Crippen molar-refractivity contribution >= 4 is 71.3 Å². The fourth-order valence-corrected chi connectivity index (χ4v) is 7.08. The van der Waals surface area contributed by atoms with Gasteiger partial charge in [-0.05, 0) is 55.9 Å². The molecule has 468 valence electrons. The molecule has 0 aliphatic carbocycles. The Balaban J connectivity index is 3.58. The number of ether oxygens (including phenoxy) is 3. The molecule has 0 saturated heterocycles. The lowest BCUT2D eigenvalue weighted by atomic mass is 9.96. The maximum atomic E-state index is 14.2. The van der Waals surface area contributed by atoms with Crippen molar-refractivity contribution in [3.05, 3.63) is 35.9 Å². The van der Waals surface area contributed by atoms with E-state index in [1.54, 1.807) is 70.3 Å². The third-order valence-electron chi connectivity index (χ3n) is 11.9. The lowest BCUT2D eigenvalue weighted by Gasteiger charge is -2.31. The largest absolute Gasteiger partial charge is 0.490 e. The van der Waals surface area contributed by atoms with Gasteiger partial charge in [0, 0.05) is 13.1 Å². The standard InChI is InChI=1S/C49H74F6N12O16/c1-8-25(6)34(66-38(71)28(15-12-17-59-46(57)58)63-39(72)30(19-23(2)3)64-40(73)33(56)36(69)24(4)5)42(75)67-35(26(7)83-45(79)49(53,54)55)41(74)61-20-32(68)62-29(16-18-60-47(80)82-21-27-13-10-9-11-14-27)37(70)65-31(43(76)77)22-81-44(78)48(50,51)52/h9-11,13-14,23-26,28-31,33-36,69H,8,12,15-22,56H2,1-7H3,(H,60,80)(H,61,74)(H,62,68)(H,63,72)(H,64,73)(H,65,70)(H,66,71)(H,67,75)(H,76,77)(H4,57,58,59)/t25-,26-,28+,29-,30-,31-,33-,34-,35-,36+/m0/s1. The van der Waals surface area contributed by atoms with Crippen LogP contribution in [0.25, 0.3) is 0 Å². The van der Waals surface area contributed by atoms with Crippen molar-refractivity contribution < 1.29 is 104 Å². The van der Waals surface area contributed by atoms with Crippen LogP contribution in [-0.4, -0.2) is 175 Å². The first-order valence-electron chi connectivity index (χ1n) is 25.8. The number of hydrogen-bond donors (Lipinski definition) is 14. The number of aliphatic carboxylic acids is 1. The Morgan fingerprint density at radius 1 is 0.639 bits per heavy atom. The Bertz CT molecular complexity index is 2390. The van der Waals surface area contributed by atoms with E-state index in [2.05, 4.69) is 46.7 Å². The Morgan fingerprint density at radius 3 is 1.72 bits per heavy atom. The minimum atomic E-state index is -5.66. The van der Waals surface area contributed by atoms with Crippen molar-refractivity contribution in [2.75, 3.05) is 26.2 Å². The van der Waals surface area contributed by atoms with E-state index in [4.69, 9.17) is 21.6 Å². The van der Waals surface area contributed by atoms with Crippen molar-refractivity contribution in [1.82, 2.24) is 47.9 Å². The van der Waals surface area contributed by atoms with Gasteiger partial charge < -0.3 is 83.7 Å². The lowest BCUT2D eigenvalue weighted by molar-refractivity contribution is -0.205. The number of amides is 8. The average Bonchev–Trinajstić information content (AvgIpc) is 3.61. The highest BCUT2D eigenvalue weighted by molar-refractivity contribution is 5.97. The van der Waals surface area contributed by atoms with Gasteiger partial charge in [0.15, 0.2) is 12.0 Å². The molecule has 8 amide bonds. The highest BCUT2D eigenvalue weighted by Crippen LogP contribution is 2.20. The van der Waals surface area contributed by atoms with E-state index >= 15 is 0 Å². The molecule has 0 radical (unpaired) electrons. The Kier molecular flexibility index (Phi) is 30.8. The van der Waals surface area contributed by atoms with E-state index in [1.165, 1.54) is 6.92 Å². The number of carboxylic acid groups (broad SMARTS) is 1. The summed E-state index contributed by atoms with van der Waals surface area (Å²) in [5.74, 6) is -18.3. The summed E-state index contributed by atoms with van der Waals surface area (Å²) in [6, 6.07) is -4.54. The van der Waals surface area contributed by atoms with E-state index < -0.39 is 176 Å². The molecule has 10 atom stereocenters. The van der Waals surface area contributed by atoms with Crippen molar-refractivity contribution in [3.8, 4) is 0 Å². The minimum Gasteiger partial charge on any atom is -0.480 e. The molecule has 0 aromatic heterocycles. The molecule has 0 bridgehead atoms. The van der Waals surface area contributed by atoms with Crippen LogP contribution < -0.4 is 59.3 Å². The molecule has 34 heteroatoms. The van der Waals surface area contributed by atoms with Gasteiger partial charge in [-0.3, -0.25) is 39.0 Å². The van der Waals surface area contributed by atoms with E-state index in [1.807, 2.05) is 5.32 Å². The summed E-state index contributed by atoms with van der Waals surface area (Å²) in [7, 11) is 0. The number of aliphatic hydroxyl groups excluding tert-OH is 1. The number of esters is 2. The Labute approximate surface area is 472 Å². The summed E-state index contributed by atoms with van der Waals surface area (Å²) in [5, 5.41) is 47.5. The van der Waals surface area contributed by atoms with E-state index in [0.29, 0.717) is 5.56 Å². The molecule has 16 N–H and O–H groups in total. The quantitative estimate of drug-likeness (QED) is 0.00953. The molecule has 83 heavy (non-hydrogen) atoms. The summed E-state index contributed by atoms with van der Waals surface area (Å²) >= 11 is 0. The highest BCUT2D eigenvalue weighted by atomic mass is 19.4. The summed E-state index contributed by atoms with van der Waals surface area (Å²) in [5.41, 5.74) is 11.9. The molecular weight excluding hydrogens is 1130 g/mol. The van der Waals surface area contributed by atoms with Gasteiger partial charge in [-0.2, -0.15) is 26.3 Å². The van der Waals surface area contributed by atoms with Gasteiger partial charge in [0.25, 0.3) is 0 Å². The lowest BCUT2D eigenvalue weighted by Crippen LogP contribution is -2.62. The second kappa shape index (κ2) is 35.1. The second-order valence-electron chi connectivity index (χ2n) is 19.6. The number of hydrogen-bond acceptors (Lipinski definition) is 17. The Morgan fingerprint density at radius 2 is 1.18 bits per heavy atom. The van der Waals surface area contributed by atoms with Crippen molar-refractivity contribution in [1.29, 1.82) is 5.41 Å². The van der Waals surface area contributed by atoms with Crippen molar-refractivity contribution in [3.63, 3.8) is 0 Å². The molecule has 0 fully saturated rings. The fraction of sp³-hybridized carbons (Fsp3) is 0.633. The van der Waals surface area contributed by atoms with Gasteiger partial charge in [0.05, 0.1) is 12.6 Å². The third-order valence-corrected chi connectivity index (χ3v) is 11.9. The topological polar surface area (TPSA) is 440 Å². The van der Waals surface area contributed by atoms with Crippen LogP contribution in [-0.2, 0) is 68.8 Å². The molecule has 0 saturated carbocycles. The summed E-state index contributed by atoms with van der Waals surface area (Å²) in [6.45, 7) is 6.70. The number of alkyl carbamates (subject to hydrolysis) is 1. The number of halogens is 6. The number of nitrogens with two attached hydrogens (primary N) is 2. The molecule has 28 nitrogen and oxygen atoms in total. The maximum Gasteiger partial charge on any atom is 0.490 e. The molecule has 0 unspecified atom stereocenters. The first-order valence-corrected chi connectivity index (χ1v) is 25.8. The predicted octanol–water partition coefficient (Wildman–Crippen LogP) is -1.29. The minimum absolute atomic E-state index is 0.00615. The van der Waals surface area contributed by atoms with Gasteiger partial charge in [-0.15, -0.1) is 0 Å². The predicted molar refractivity (Wildman–Crippen MR) is 277 cm³/mol. The van der Waals surface area contributed by atoms with Gasteiger partial charge in [0.2, 0.25) is 41.4 Å². The zero-order valence-corrected chi connectivity index (χ0v) is 46.4. The van der Waals surface area contributed by atoms with Crippen LogP contribution in [0, 0.1) is 23.2 Å². The molecule has 1 aromatic rings. The SMILES string of the molecule is CC[C@H](C)[C@H](NC(=O)[C@@H](CCCNC(=N)N)NC(=O)[C@H](CC(C)C)NC(=O)[C@@H](N)[C@H](O)C(C)C)C(=O)N[C@H](C(=O)NCC(=O)N[C@@H](CCNC(=O)OCc1ccccc1)C(=O)N[C@@H](COC(=O)C(F)(F)F)C(=O)O)[C@H](C)OC(=O)C(F)(F)F. The van der Waals surface area contributed by atoms with Crippen LogP contribution in [0.1, 0.15) is 86.1 Å². The first-order chi connectivity index (χ1) is 38.5. The van der Waals surface area contributed by atoms with Crippen molar-refractivity contribution in [2.24, 2.45) is 29.2 Å². The highest BCUT2D eigenvalue weighted by Gasteiger charge is 2.45. The number of nitrogens with one attached hydrogen (secondary N) is 10. The second-order valence-corrected chi connectivity index (χ2v) is 19.6.